The van der Waals surface area contributed by atoms with Gasteiger partial charge in [0, 0.05) is 6.07 Å². The van der Waals surface area contributed by atoms with E-state index in [-0.39, 0.29) is 16.5 Å². The van der Waals surface area contributed by atoms with Gasteiger partial charge in [0.15, 0.2) is 5.84 Å². The Balaban J connectivity index is 2.51. The summed E-state index contributed by atoms with van der Waals surface area (Å²) in [5.74, 6) is -1.11. The van der Waals surface area contributed by atoms with Crippen LogP contribution in [-0.2, 0) is 16.2 Å². The van der Waals surface area contributed by atoms with Crippen LogP contribution in [0.3, 0.4) is 0 Å². The zero-order chi connectivity index (χ0) is 22.0. The van der Waals surface area contributed by atoms with Gasteiger partial charge in [0.2, 0.25) is 0 Å². The van der Waals surface area contributed by atoms with Crippen LogP contribution in [0.5, 0.6) is 11.5 Å². The number of nitrogens with one attached hydrogen (secondary N) is 1. The minimum absolute atomic E-state index is 0.149. The number of alkyl halides is 3. The number of ether oxygens (including phenoxy) is 1. The molecule has 0 aliphatic rings. The minimum atomic E-state index is -4.62. The van der Waals surface area contributed by atoms with Gasteiger partial charge >= 0.3 is 6.18 Å². The number of benzene rings is 2. The van der Waals surface area contributed by atoms with Gasteiger partial charge in [-0.05, 0) is 30.3 Å². The number of sulfonamides is 1. The predicted octanol–water partition coefficient (Wildman–Crippen LogP) is 3.74. The third-order valence-electron chi connectivity index (χ3n) is 3.27. The predicted molar refractivity (Wildman–Crippen MR) is 95.9 cm³/mol. The fourth-order valence-corrected chi connectivity index (χ4v) is 2.80. The van der Waals surface area contributed by atoms with Crippen LogP contribution >= 0.6 is 11.6 Å². The first-order valence-corrected chi connectivity index (χ1v) is 9.58. The summed E-state index contributed by atoms with van der Waals surface area (Å²) in [6.45, 7) is 0. The lowest BCUT2D eigenvalue weighted by Crippen LogP contribution is -2.23. The van der Waals surface area contributed by atoms with Gasteiger partial charge in [-0.2, -0.15) is 13.2 Å². The second kappa shape index (κ2) is 8.23. The zero-order valence-electron chi connectivity index (χ0n) is 14.3. The topological polar surface area (TPSA) is 131 Å². The maximum absolute atomic E-state index is 12.7. The van der Waals surface area contributed by atoms with Gasteiger partial charge in [-0.3, -0.25) is 20.8 Å². The first kappa shape index (κ1) is 22.4. The highest BCUT2D eigenvalue weighted by atomic mass is 35.5. The first-order valence-electron chi connectivity index (χ1n) is 7.35. The Labute approximate surface area is 166 Å². The number of hydroxylamine groups is 1. The van der Waals surface area contributed by atoms with Crippen molar-refractivity contribution in [3.63, 3.8) is 0 Å². The van der Waals surface area contributed by atoms with Gasteiger partial charge in [-0.15, -0.1) is 4.40 Å². The Hall–Kier alpha value is -2.90. The van der Waals surface area contributed by atoms with E-state index in [9.17, 15) is 31.7 Å². The van der Waals surface area contributed by atoms with Crippen LogP contribution in [0.1, 0.15) is 11.1 Å². The van der Waals surface area contributed by atoms with Crippen molar-refractivity contribution in [3.05, 3.63) is 62.7 Å². The Morgan fingerprint density at radius 3 is 2.41 bits per heavy atom. The molecule has 0 spiro atoms. The van der Waals surface area contributed by atoms with E-state index in [1.165, 1.54) is 5.48 Å². The van der Waals surface area contributed by atoms with Gasteiger partial charge in [-0.25, -0.2) is 8.42 Å². The molecule has 2 rings (SSSR count). The number of nitrogens with zero attached hydrogens (tertiary/aromatic N) is 2. The van der Waals surface area contributed by atoms with Crippen LogP contribution < -0.4 is 10.2 Å². The Kier molecular flexibility index (Phi) is 6.35. The van der Waals surface area contributed by atoms with Gasteiger partial charge in [0.1, 0.15) is 17.1 Å². The molecule has 0 bridgehead atoms. The number of halogens is 4. The molecule has 0 saturated heterocycles. The van der Waals surface area contributed by atoms with E-state index in [0.29, 0.717) is 12.3 Å². The molecule has 156 valence electrons. The van der Waals surface area contributed by atoms with Crippen LogP contribution in [0.15, 0.2) is 40.8 Å². The molecular weight excluding hydrogens is 443 g/mol. The van der Waals surface area contributed by atoms with Gasteiger partial charge in [-0.1, -0.05) is 11.6 Å². The highest BCUT2D eigenvalue weighted by molar-refractivity contribution is 7.89. The number of nitro benzene ring substituents is 1. The summed E-state index contributed by atoms with van der Waals surface area (Å²) in [5, 5.41) is 19.9. The largest absolute Gasteiger partial charge is 0.456 e. The Morgan fingerprint density at radius 2 is 1.93 bits per heavy atom. The SMILES string of the molecule is CS(=O)(=O)N=C(NO)c1cc(Oc2ccc(C(F)(F)F)cc2Cl)ccc1[N+](=O)[O-]. The smallest absolute Gasteiger partial charge is 0.416 e. The van der Waals surface area contributed by atoms with E-state index < -0.39 is 43.8 Å². The maximum atomic E-state index is 12.7. The lowest BCUT2D eigenvalue weighted by molar-refractivity contribution is -0.385. The average Bonchev–Trinajstić information content (AvgIpc) is 2.59. The van der Waals surface area contributed by atoms with Crippen LogP contribution in [0.4, 0.5) is 18.9 Å². The summed E-state index contributed by atoms with van der Waals surface area (Å²) >= 11 is 5.80. The summed E-state index contributed by atoms with van der Waals surface area (Å²) in [6, 6.07) is 5.29. The summed E-state index contributed by atoms with van der Waals surface area (Å²) in [7, 11) is -4.05. The molecule has 0 radical (unpaired) electrons. The molecule has 2 aromatic carbocycles. The molecule has 0 heterocycles. The molecule has 2 N–H and O–H groups in total. The molecule has 2 aromatic rings. The number of hydrogen-bond donors (Lipinski definition) is 2. The van der Waals surface area contributed by atoms with E-state index in [0.717, 1.165) is 30.3 Å². The van der Waals surface area contributed by atoms with Crippen molar-refractivity contribution in [2.24, 2.45) is 4.40 Å². The molecule has 0 atom stereocenters. The second-order valence-electron chi connectivity index (χ2n) is 5.47. The van der Waals surface area contributed by atoms with E-state index in [4.69, 9.17) is 21.5 Å². The number of nitro groups is 1. The maximum Gasteiger partial charge on any atom is 0.416 e. The number of rotatable bonds is 5. The van der Waals surface area contributed by atoms with Crippen molar-refractivity contribution in [3.8, 4) is 11.5 Å². The Morgan fingerprint density at radius 1 is 1.28 bits per heavy atom. The van der Waals surface area contributed by atoms with Crippen LogP contribution in [0.2, 0.25) is 5.02 Å². The molecule has 29 heavy (non-hydrogen) atoms. The third kappa shape index (κ3) is 5.79. The normalized spacial score (nSPS) is 12.6. The standard InChI is InChI=1S/C15H11ClF3N3O6S/c1-29(26,27)21-14(20-23)10-7-9(3-4-12(10)22(24)25)28-13-5-2-8(6-11(13)16)15(17,18)19/h2-7,23H,1H3,(H,20,21). The van der Waals surface area contributed by atoms with E-state index in [2.05, 4.69) is 4.40 Å². The lowest BCUT2D eigenvalue weighted by Gasteiger charge is -2.12. The molecule has 0 aromatic heterocycles. The summed E-state index contributed by atoms with van der Waals surface area (Å²) in [4.78, 5) is 10.3. The fraction of sp³-hybridized carbons (Fsp3) is 0.133. The van der Waals surface area contributed by atoms with Gasteiger partial charge < -0.3 is 4.74 Å². The quantitative estimate of drug-likeness (QED) is 0.305. The van der Waals surface area contributed by atoms with Gasteiger partial charge in [0.05, 0.1) is 21.8 Å². The van der Waals surface area contributed by atoms with Crippen molar-refractivity contribution >= 4 is 33.1 Å². The van der Waals surface area contributed by atoms with Crippen LogP contribution in [0, 0.1) is 10.1 Å². The highest BCUT2D eigenvalue weighted by Crippen LogP contribution is 2.37. The summed E-state index contributed by atoms with van der Waals surface area (Å²) in [5.41, 5.74) is -0.632. The monoisotopic (exact) mass is 453 g/mol. The van der Waals surface area contributed by atoms with E-state index >= 15 is 0 Å². The number of hydrogen-bond acceptors (Lipinski definition) is 6. The molecule has 0 aliphatic carbocycles. The molecule has 9 nitrogen and oxygen atoms in total. The molecule has 0 aliphatic heterocycles. The van der Waals surface area contributed by atoms with Gasteiger partial charge in [0.25, 0.3) is 15.7 Å². The molecule has 0 fully saturated rings. The molecule has 14 heteroatoms. The van der Waals surface area contributed by atoms with E-state index in [1.807, 2.05) is 0 Å². The Bertz CT molecular complexity index is 1090. The number of amidine groups is 1. The minimum Gasteiger partial charge on any atom is -0.456 e. The van der Waals surface area contributed by atoms with Crippen molar-refractivity contribution in [2.45, 2.75) is 6.18 Å². The second-order valence-corrected chi connectivity index (χ2v) is 7.52. The molecule has 0 amide bonds. The van der Waals surface area contributed by atoms with Crippen LogP contribution in [0.25, 0.3) is 0 Å². The van der Waals surface area contributed by atoms with Crippen molar-refractivity contribution < 1.29 is 36.5 Å². The molecular formula is C15H11ClF3N3O6S. The zero-order valence-corrected chi connectivity index (χ0v) is 15.8. The fourth-order valence-electron chi connectivity index (χ4n) is 2.11. The van der Waals surface area contributed by atoms with Crippen molar-refractivity contribution in [2.75, 3.05) is 6.26 Å². The van der Waals surface area contributed by atoms with E-state index in [1.54, 1.807) is 0 Å². The van der Waals surface area contributed by atoms with Crippen molar-refractivity contribution in [1.82, 2.24) is 5.48 Å². The molecule has 0 saturated carbocycles. The summed E-state index contributed by atoms with van der Waals surface area (Å²) < 4.78 is 69.3. The molecule has 0 unspecified atom stereocenters. The third-order valence-corrected chi connectivity index (χ3v) is 4.08. The summed E-state index contributed by atoms with van der Waals surface area (Å²) in [6.07, 6.45) is -3.93. The first-order chi connectivity index (χ1) is 13.3. The highest BCUT2D eigenvalue weighted by Gasteiger charge is 2.31. The average molecular weight is 454 g/mol. The van der Waals surface area contributed by atoms with Crippen LogP contribution in [-0.4, -0.2) is 30.6 Å². The van der Waals surface area contributed by atoms with Crippen molar-refractivity contribution in [1.29, 1.82) is 0 Å². The lowest BCUT2D eigenvalue weighted by atomic mass is 10.1.